The molecule has 30 heavy (non-hydrogen) atoms. The van der Waals surface area contributed by atoms with Crippen LogP contribution in [0.2, 0.25) is 18.1 Å². The summed E-state index contributed by atoms with van der Waals surface area (Å²) in [5.41, 5.74) is 3.47. The largest absolute Gasteiger partial charge is 0.480 e. The molecule has 0 aliphatic carbocycles. The van der Waals surface area contributed by atoms with Crippen LogP contribution in [-0.4, -0.2) is 43.0 Å². The van der Waals surface area contributed by atoms with Crippen molar-refractivity contribution in [2.45, 2.75) is 70.8 Å². The fraction of sp³-hybridized carbons (Fsp3) is 0.500. The van der Waals surface area contributed by atoms with Gasteiger partial charge in [-0.25, -0.2) is 9.18 Å². The molecule has 0 spiro atoms. The van der Waals surface area contributed by atoms with E-state index in [0.29, 0.717) is 0 Å². The third-order valence-corrected chi connectivity index (χ3v) is 9.82. The summed E-state index contributed by atoms with van der Waals surface area (Å²) in [5.74, 6) is 0.0255. The van der Waals surface area contributed by atoms with E-state index in [1.54, 1.807) is 6.07 Å². The molecule has 6 nitrogen and oxygen atoms in total. The van der Waals surface area contributed by atoms with E-state index in [4.69, 9.17) is 0 Å². The van der Waals surface area contributed by atoms with E-state index in [-0.39, 0.29) is 23.4 Å². The molecule has 164 valence electrons. The van der Waals surface area contributed by atoms with Gasteiger partial charge >= 0.3 is 5.97 Å². The first-order chi connectivity index (χ1) is 13.7. The minimum absolute atomic E-state index is 0.0260. The highest BCUT2D eigenvalue weighted by atomic mass is 28.3. The van der Waals surface area contributed by atoms with Gasteiger partial charge in [0.2, 0.25) is 11.8 Å². The maximum Gasteiger partial charge on any atom is 0.327 e. The predicted octanol–water partition coefficient (Wildman–Crippen LogP) is 2.88. The van der Waals surface area contributed by atoms with Crippen LogP contribution in [0.1, 0.15) is 39.7 Å². The number of benzene rings is 1. The van der Waals surface area contributed by atoms with Gasteiger partial charge in [0.15, 0.2) is 0 Å². The summed E-state index contributed by atoms with van der Waals surface area (Å²) in [6.45, 7) is 11.8. The molecule has 0 heterocycles. The molecular formula is C22H31FN2O4Si. The van der Waals surface area contributed by atoms with E-state index in [0.717, 1.165) is 0 Å². The summed E-state index contributed by atoms with van der Waals surface area (Å²) >= 11 is 0. The zero-order valence-corrected chi connectivity index (χ0v) is 19.4. The van der Waals surface area contributed by atoms with Crippen molar-refractivity contribution >= 4 is 25.9 Å². The summed E-state index contributed by atoms with van der Waals surface area (Å²) in [7, 11) is -1.91. The number of carboxylic acids is 1. The van der Waals surface area contributed by atoms with Crippen LogP contribution in [0.5, 0.6) is 0 Å². The zero-order chi connectivity index (χ0) is 23.1. The third kappa shape index (κ3) is 7.63. The molecule has 8 heteroatoms. The summed E-state index contributed by atoms with van der Waals surface area (Å²) in [6, 6.07) is 3.58. The van der Waals surface area contributed by atoms with E-state index in [1.165, 1.54) is 25.1 Å². The van der Waals surface area contributed by atoms with Crippen molar-refractivity contribution in [1.82, 2.24) is 10.6 Å². The van der Waals surface area contributed by atoms with Crippen LogP contribution >= 0.6 is 0 Å². The number of carboxylic acid groups (broad SMARTS) is 1. The minimum atomic E-state index is -1.91. The fourth-order valence-electron chi connectivity index (χ4n) is 2.37. The number of hydrogen-bond donors (Lipinski definition) is 3. The second-order valence-corrected chi connectivity index (χ2v) is 13.8. The van der Waals surface area contributed by atoms with E-state index in [2.05, 4.69) is 56.0 Å². The van der Waals surface area contributed by atoms with Crippen molar-refractivity contribution in [2.75, 3.05) is 0 Å². The quantitative estimate of drug-likeness (QED) is 0.454. The molecule has 0 aliphatic rings. The van der Waals surface area contributed by atoms with Crippen molar-refractivity contribution in [2.24, 2.45) is 0 Å². The Morgan fingerprint density at radius 1 is 1.13 bits per heavy atom. The van der Waals surface area contributed by atoms with E-state index in [9.17, 15) is 23.9 Å². The lowest BCUT2D eigenvalue weighted by atomic mass is 10.0. The number of halogens is 1. The van der Waals surface area contributed by atoms with Gasteiger partial charge in [0.1, 0.15) is 26.0 Å². The van der Waals surface area contributed by atoms with Gasteiger partial charge in [-0.3, -0.25) is 9.59 Å². The van der Waals surface area contributed by atoms with Gasteiger partial charge in [0.25, 0.3) is 0 Å². The van der Waals surface area contributed by atoms with Gasteiger partial charge in [-0.15, -0.1) is 11.5 Å². The Morgan fingerprint density at radius 2 is 1.73 bits per heavy atom. The highest BCUT2D eigenvalue weighted by Gasteiger charge is 2.34. The molecule has 2 amide bonds. The number of carbonyl (C=O) groups is 3. The van der Waals surface area contributed by atoms with Gasteiger partial charge in [-0.1, -0.05) is 52.1 Å². The minimum Gasteiger partial charge on any atom is -0.480 e. The summed E-state index contributed by atoms with van der Waals surface area (Å²) in [6.07, 6.45) is -0.153. The smallest absolute Gasteiger partial charge is 0.327 e. The molecule has 0 aromatic heterocycles. The van der Waals surface area contributed by atoms with Gasteiger partial charge in [-0.2, -0.15) is 0 Å². The van der Waals surface area contributed by atoms with Crippen molar-refractivity contribution in [3.05, 3.63) is 35.6 Å². The highest BCUT2D eigenvalue weighted by molar-refractivity contribution is 6.87. The first-order valence-corrected chi connectivity index (χ1v) is 12.8. The number of carbonyl (C=O) groups excluding carboxylic acids is 2. The van der Waals surface area contributed by atoms with Crippen molar-refractivity contribution in [3.63, 3.8) is 0 Å². The van der Waals surface area contributed by atoms with Gasteiger partial charge in [0, 0.05) is 19.8 Å². The molecule has 0 unspecified atom stereocenters. The Balaban J connectivity index is 2.96. The van der Waals surface area contributed by atoms with E-state index in [1.807, 2.05) is 0 Å². The van der Waals surface area contributed by atoms with Crippen LogP contribution in [0.15, 0.2) is 24.3 Å². The maximum absolute atomic E-state index is 14.0. The lowest BCUT2D eigenvalue weighted by Gasteiger charge is -2.31. The molecule has 2 atom stereocenters. The van der Waals surface area contributed by atoms with Crippen LogP contribution in [0.3, 0.4) is 0 Å². The number of hydrogen-bond acceptors (Lipinski definition) is 3. The number of amides is 2. The molecule has 1 aromatic rings. The Hall–Kier alpha value is -2.66. The van der Waals surface area contributed by atoms with Crippen molar-refractivity contribution < 1.29 is 23.9 Å². The summed E-state index contributed by atoms with van der Waals surface area (Å²) in [4.78, 5) is 35.8. The summed E-state index contributed by atoms with van der Waals surface area (Å²) in [5, 5.41) is 14.4. The topological polar surface area (TPSA) is 95.5 Å². The standard InChI is InChI=1S/C22H31FN2O4Si/c1-15(26)24-19(14-16-10-7-8-11-17(16)23)20(27)25-18(21(28)29)12-9-13-30(5,6)22(2,3)4/h7-8,10-11,18-19H,12,14H2,1-6H3,(H,24,26)(H,25,27)(H,28,29)/t18-,19+/m0/s1. The third-order valence-electron chi connectivity index (χ3n) is 5.27. The fourth-order valence-corrected chi connectivity index (χ4v) is 3.29. The van der Waals surface area contributed by atoms with E-state index < -0.39 is 43.8 Å². The Bertz CT molecular complexity index is 853. The van der Waals surface area contributed by atoms with Crippen LogP contribution in [0.4, 0.5) is 4.39 Å². The number of aliphatic carboxylic acids is 1. The first-order valence-electron chi connectivity index (χ1n) is 9.78. The average Bonchev–Trinajstić information content (AvgIpc) is 2.60. The van der Waals surface area contributed by atoms with Crippen LogP contribution < -0.4 is 10.6 Å². The Labute approximate surface area is 178 Å². The van der Waals surface area contributed by atoms with Crippen molar-refractivity contribution in [3.8, 4) is 11.5 Å². The maximum atomic E-state index is 14.0. The molecule has 3 N–H and O–H groups in total. The van der Waals surface area contributed by atoms with Crippen molar-refractivity contribution in [1.29, 1.82) is 0 Å². The first kappa shape index (κ1) is 25.4. The molecule has 1 aromatic carbocycles. The zero-order valence-electron chi connectivity index (χ0n) is 18.4. The normalized spacial score (nSPS) is 13.4. The van der Waals surface area contributed by atoms with Crippen LogP contribution in [0, 0.1) is 17.3 Å². The average molecular weight is 435 g/mol. The van der Waals surface area contributed by atoms with Gasteiger partial charge in [0.05, 0.1) is 0 Å². The number of nitrogens with one attached hydrogen (secondary N) is 2. The second kappa shape index (κ2) is 10.4. The second-order valence-electron chi connectivity index (χ2n) is 8.83. The molecule has 0 fully saturated rings. The molecular weight excluding hydrogens is 403 g/mol. The molecule has 0 radical (unpaired) electrons. The lowest BCUT2D eigenvalue weighted by molar-refractivity contribution is -0.142. The van der Waals surface area contributed by atoms with Crippen LogP contribution in [0.25, 0.3) is 0 Å². The SMILES string of the molecule is CC(=O)N[C@H](Cc1ccccc1F)C(=O)N[C@@H](CC#C[Si](C)(C)C(C)(C)C)C(=O)O. The lowest BCUT2D eigenvalue weighted by Crippen LogP contribution is -2.52. The van der Waals surface area contributed by atoms with Gasteiger partial charge in [-0.05, 0) is 16.7 Å². The molecule has 0 saturated heterocycles. The Kier molecular flexibility index (Phi) is 8.79. The van der Waals surface area contributed by atoms with Crippen LogP contribution in [-0.2, 0) is 20.8 Å². The molecule has 0 bridgehead atoms. The molecule has 0 aliphatic heterocycles. The van der Waals surface area contributed by atoms with E-state index >= 15 is 0 Å². The number of rotatable bonds is 7. The Morgan fingerprint density at radius 3 is 2.23 bits per heavy atom. The molecule has 0 saturated carbocycles. The van der Waals surface area contributed by atoms with Gasteiger partial charge < -0.3 is 15.7 Å². The highest BCUT2D eigenvalue weighted by Crippen LogP contribution is 2.35. The predicted molar refractivity (Wildman–Crippen MR) is 117 cm³/mol. The summed E-state index contributed by atoms with van der Waals surface area (Å²) < 4.78 is 14.0. The monoisotopic (exact) mass is 434 g/mol. The molecule has 1 rings (SSSR count).